The minimum Gasteiger partial charge on any atom is -0.478 e. The van der Waals surface area contributed by atoms with Crippen LogP contribution in [0.15, 0.2) is 108 Å². The second kappa shape index (κ2) is 14.5. The predicted octanol–water partition coefficient (Wildman–Crippen LogP) is 8.53. The largest absolute Gasteiger partial charge is 0.478 e. The molecule has 2 N–H and O–H groups in total. The Labute approximate surface area is 289 Å². The molecule has 0 unspecified atom stereocenters. The lowest BCUT2D eigenvalue weighted by atomic mass is 9.90. The van der Waals surface area contributed by atoms with Gasteiger partial charge in [-0.1, -0.05) is 119 Å². The van der Waals surface area contributed by atoms with Crippen LogP contribution < -0.4 is 4.72 Å². The topological polar surface area (TPSA) is 126 Å². The number of aromatic nitrogens is 2. The SMILES string of the molecule is Cc1ccc(-c2nc(C(C)(C)C)ccc2C(=O)NS(=O)(=O)c2ccccc2)cc1.Cc1ccc(-c2nc(C(C)(C)C)ccc2C(=O)O)cc1. The first-order valence-electron chi connectivity index (χ1n) is 15.9. The van der Waals surface area contributed by atoms with Crippen LogP contribution >= 0.6 is 0 Å². The second-order valence-corrected chi connectivity index (χ2v) is 15.7. The lowest BCUT2D eigenvalue weighted by molar-refractivity contribution is 0.0697. The summed E-state index contributed by atoms with van der Waals surface area (Å²) in [5.74, 6) is -1.66. The van der Waals surface area contributed by atoms with Gasteiger partial charge >= 0.3 is 5.97 Å². The van der Waals surface area contributed by atoms with Crippen LogP contribution in [0.2, 0.25) is 0 Å². The van der Waals surface area contributed by atoms with Crippen molar-refractivity contribution in [1.82, 2.24) is 14.7 Å². The Morgan fingerprint density at radius 2 is 1.00 bits per heavy atom. The van der Waals surface area contributed by atoms with Gasteiger partial charge in [-0.2, -0.15) is 0 Å². The van der Waals surface area contributed by atoms with Gasteiger partial charge < -0.3 is 5.11 Å². The normalized spacial score (nSPS) is 11.7. The van der Waals surface area contributed by atoms with Crippen molar-refractivity contribution in [2.45, 2.75) is 71.1 Å². The number of hydrogen-bond donors (Lipinski definition) is 2. The van der Waals surface area contributed by atoms with Gasteiger partial charge in [0, 0.05) is 33.3 Å². The molecule has 2 heterocycles. The average Bonchev–Trinajstić information content (AvgIpc) is 3.04. The average molecular weight is 678 g/mol. The van der Waals surface area contributed by atoms with Gasteiger partial charge in [0.1, 0.15) is 0 Å². The molecule has 8 nitrogen and oxygen atoms in total. The third-order valence-corrected chi connectivity index (χ3v) is 9.08. The van der Waals surface area contributed by atoms with Gasteiger partial charge in [-0.15, -0.1) is 0 Å². The highest BCUT2D eigenvalue weighted by molar-refractivity contribution is 7.90. The van der Waals surface area contributed by atoms with E-state index in [0.29, 0.717) is 11.4 Å². The van der Waals surface area contributed by atoms with Crippen molar-refractivity contribution in [2.24, 2.45) is 0 Å². The van der Waals surface area contributed by atoms with Crippen molar-refractivity contribution in [3.63, 3.8) is 0 Å². The van der Waals surface area contributed by atoms with Crippen LogP contribution in [-0.2, 0) is 20.9 Å². The molecule has 3 aromatic carbocycles. The Morgan fingerprint density at radius 1 is 0.592 bits per heavy atom. The summed E-state index contributed by atoms with van der Waals surface area (Å²) in [6.07, 6.45) is 0. The van der Waals surface area contributed by atoms with Crippen LogP contribution in [-0.4, -0.2) is 35.4 Å². The zero-order valence-electron chi connectivity index (χ0n) is 29.2. The Morgan fingerprint density at radius 3 is 1.41 bits per heavy atom. The van der Waals surface area contributed by atoms with Crippen molar-refractivity contribution >= 4 is 21.9 Å². The van der Waals surface area contributed by atoms with E-state index in [9.17, 15) is 23.1 Å². The molecule has 0 bridgehead atoms. The smallest absolute Gasteiger partial charge is 0.337 e. The van der Waals surface area contributed by atoms with Crippen molar-refractivity contribution < 1.29 is 23.1 Å². The van der Waals surface area contributed by atoms with E-state index in [0.717, 1.165) is 33.6 Å². The van der Waals surface area contributed by atoms with Crippen molar-refractivity contribution in [3.8, 4) is 22.5 Å². The lowest BCUT2D eigenvalue weighted by Gasteiger charge is -2.20. The molecule has 0 aliphatic heterocycles. The summed E-state index contributed by atoms with van der Waals surface area (Å²) in [4.78, 5) is 33.6. The zero-order chi connectivity index (χ0) is 36.1. The van der Waals surface area contributed by atoms with Crippen LogP contribution in [0.5, 0.6) is 0 Å². The first kappa shape index (κ1) is 36.7. The summed E-state index contributed by atoms with van der Waals surface area (Å²) in [7, 11) is -3.98. The van der Waals surface area contributed by atoms with E-state index in [1.807, 2.05) is 83.1 Å². The number of aromatic carboxylic acids is 1. The maximum absolute atomic E-state index is 12.9. The van der Waals surface area contributed by atoms with Gasteiger partial charge in [0.25, 0.3) is 15.9 Å². The van der Waals surface area contributed by atoms with Gasteiger partial charge in [0.15, 0.2) is 0 Å². The molecule has 0 saturated heterocycles. The van der Waals surface area contributed by atoms with E-state index >= 15 is 0 Å². The Balaban J connectivity index is 0.000000237. The highest BCUT2D eigenvalue weighted by Gasteiger charge is 2.25. The van der Waals surface area contributed by atoms with Crippen LogP contribution in [0, 0.1) is 13.8 Å². The van der Waals surface area contributed by atoms with E-state index in [4.69, 9.17) is 4.98 Å². The molecule has 0 aliphatic rings. The molecule has 0 atom stereocenters. The first-order chi connectivity index (χ1) is 22.9. The van der Waals surface area contributed by atoms with Gasteiger partial charge in [-0.05, 0) is 50.2 Å². The first-order valence-corrected chi connectivity index (χ1v) is 17.4. The minimum atomic E-state index is -3.98. The third-order valence-electron chi connectivity index (χ3n) is 7.73. The second-order valence-electron chi connectivity index (χ2n) is 14.0. The fourth-order valence-corrected chi connectivity index (χ4v) is 5.80. The molecular weight excluding hydrogens is 635 g/mol. The van der Waals surface area contributed by atoms with Gasteiger partial charge in [-0.3, -0.25) is 14.8 Å². The number of nitrogens with one attached hydrogen (secondary N) is 1. The summed E-state index contributed by atoms with van der Waals surface area (Å²) >= 11 is 0. The Hall–Kier alpha value is -5.15. The molecule has 1 amide bonds. The van der Waals surface area contributed by atoms with Gasteiger partial charge in [-0.25, -0.2) is 17.9 Å². The summed E-state index contributed by atoms with van der Waals surface area (Å²) in [5, 5.41) is 9.34. The molecule has 49 heavy (non-hydrogen) atoms. The molecule has 5 aromatic rings. The summed E-state index contributed by atoms with van der Waals surface area (Å²) in [5.41, 5.74) is 6.61. The molecule has 254 valence electrons. The van der Waals surface area contributed by atoms with Crippen molar-refractivity contribution in [2.75, 3.05) is 0 Å². The molecule has 5 rings (SSSR count). The standard InChI is InChI=1S/C23H24N2O3S.C17H19NO2/c1-16-10-12-17(13-11-16)21-19(14-15-20(24-21)23(2,3)4)22(26)25-29(27,28)18-8-6-5-7-9-18;1-11-5-7-12(8-6-11)15-13(16(19)20)9-10-14(18-15)17(2,3)4/h5-15H,1-4H3,(H,25,26);5-10H,1-4H3,(H,19,20). The molecule has 9 heteroatoms. The van der Waals surface area contributed by atoms with Crippen molar-refractivity contribution in [1.29, 1.82) is 0 Å². The van der Waals surface area contributed by atoms with Gasteiger partial charge in [0.05, 0.1) is 27.4 Å². The number of carbonyl (C=O) groups is 2. The number of pyridine rings is 2. The molecule has 0 radical (unpaired) electrons. The number of sulfonamides is 1. The number of amides is 1. The molecule has 0 spiro atoms. The molecule has 0 saturated carbocycles. The number of carbonyl (C=O) groups excluding carboxylic acids is 1. The third kappa shape index (κ3) is 9.27. The quantitative estimate of drug-likeness (QED) is 0.184. The fraction of sp³-hybridized carbons (Fsp3) is 0.250. The lowest BCUT2D eigenvalue weighted by Crippen LogP contribution is -2.31. The van der Waals surface area contributed by atoms with E-state index in [1.54, 1.807) is 42.5 Å². The van der Waals surface area contributed by atoms with Crippen LogP contribution in [0.4, 0.5) is 0 Å². The molecular formula is C40H43N3O5S. The molecule has 2 aromatic heterocycles. The van der Waals surface area contributed by atoms with Crippen LogP contribution in [0.1, 0.15) is 84.8 Å². The Kier molecular flexibility index (Phi) is 10.9. The monoisotopic (exact) mass is 677 g/mol. The predicted molar refractivity (Wildman–Crippen MR) is 194 cm³/mol. The zero-order valence-corrected chi connectivity index (χ0v) is 30.0. The van der Waals surface area contributed by atoms with Crippen LogP contribution in [0.3, 0.4) is 0 Å². The number of benzene rings is 3. The number of rotatable bonds is 6. The number of carboxylic acid groups (broad SMARTS) is 1. The number of hydrogen-bond acceptors (Lipinski definition) is 6. The van der Waals surface area contributed by atoms with E-state index in [1.165, 1.54) is 12.1 Å². The maximum Gasteiger partial charge on any atom is 0.337 e. The van der Waals surface area contributed by atoms with Gasteiger partial charge in [0.2, 0.25) is 0 Å². The van der Waals surface area contributed by atoms with E-state index in [-0.39, 0.29) is 26.9 Å². The maximum atomic E-state index is 12.9. The number of nitrogens with zero attached hydrogens (tertiary/aromatic N) is 2. The molecule has 0 fully saturated rings. The number of carboxylic acids is 1. The minimum absolute atomic E-state index is 0.0320. The highest BCUT2D eigenvalue weighted by atomic mass is 32.2. The van der Waals surface area contributed by atoms with Crippen LogP contribution in [0.25, 0.3) is 22.5 Å². The number of aryl methyl sites for hydroxylation is 2. The summed E-state index contributed by atoms with van der Waals surface area (Å²) < 4.78 is 27.3. The van der Waals surface area contributed by atoms with E-state index in [2.05, 4.69) is 30.5 Å². The fourth-order valence-electron chi connectivity index (χ4n) is 4.81. The van der Waals surface area contributed by atoms with Crippen molar-refractivity contribution in [3.05, 3.63) is 137 Å². The van der Waals surface area contributed by atoms with E-state index < -0.39 is 21.9 Å². The summed E-state index contributed by atoms with van der Waals surface area (Å²) in [6, 6.07) is 30.0. The highest BCUT2D eigenvalue weighted by Crippen LogP contribution is 2.29. The molecule has 0 aliphatic carbocycles. The Bertz CT molecular complexity index is 2060. The summed E-state index contributed by atoms with van der Waals surface area (Å²) in [6.45, 7) is 16.3.